The number of rotatable bonds is 6. The monoisotopic (exact) mass is 284 g/mol. The third-order valence-electron chi connectivity index (χ3n) is 2.95. The van der Waals surface area contributed by atoms with Crippen LogP contribution >= 0.6 is 0 Å². The Labute approximate surface area is 122 Å². The molecule has 0 saturated carbocycles. The molecule has 2 aromatic carbocycles. The fraction of sp³-hybridized carbons (Fsp3) is 0.125. The minimum Gasteiger partial charge on any atom is -0.475 e. The summed E-state index contributed by atoms with van der Waals surface area (Å²) in [5.41, 5.74) is 0.731. The van der Waals surface area contributed by atoms with Gasteiger partial charge >= 0.3 is 5.69 Å². The van der Waals surface area contributed by atoms with Crippen LogP contribution in [0, 0.1) is 17.0 Å². The number of nitro benzene ring substituents is 1. The topological polar surface area (TPSA) is 69.4 Å². The second-order valence-electron chi connectivity index (χ2n) is 4.49. The second-order valence-corrected chi connectivity index (χ2v) is 4.49. The van der Waals surface area contributed by atoms with Gasteiger partial charge in [-0.05, 0) is 11.6 Å². The Morgan fingerprint density at radius 2 is 1.76 bits per heavy atom. The van der Waals surface area contributed by atoms with Crippen LogP contribution in [0.4, 0.5) is 5.69 Å². The van der Waals surface area contributed by atoms with Gasteiger partial charge in [0.25, 0.3) is 0 Å². The van der Waals surface area contributed by atoms with E-state index < -0.39 is 16.8 Å². The molecule has 0 aliphatic carbocycles. The number of hydrogen-bond acceptors (Lipinski definition) is 4. The molecule has 0 aliphatic heterocycles. The zero-order valence-corrected chi connectivity index (χ0v) is 11.3. The van der Waals surface area contributed by atoms with Crippen molar-refractivity contribution < 1.29 is 14.5 Å². The molecule has 1 unspecified atom stereocenters. The van der Waals surface area contributed by atoms with Crippen LogP contribution in [0.2, 0.25) is 0 Å². The lowest BCUT2D eigenvalue weighted by Gasteiger charge is -2.16. The average molecular weight is 284 g/mol. The molecule has 21 heavy (non-hydrogen) atoms. The van der Waals surface area contributed by atoms with E-state index >= 15 is 0 Å². The zero-order valence-electron chi connectivity index (χ0n) is 11.3. The summed E-state index contributed by atoms with van der Waals surface area (Å²) in [6, 6.07) is 15.3. The lowest BCUT2D eigenvalue weighted by Crippen LogP contribution is -2.28. The van der Waals surface area contributed by atoms with Crippen LogP contribution in [0.1, 0.15) is 5.56 Å². The fourth-order valence-corrected chi connectivity index (χ4v) is 1.91. The summed E-state index contributed by atoms with van der Waals surface area (Å²) < 4.78 is 5.52. The molecule has 2 rings (SSSR count). The molecule has 0 fully saturated rings. The Kier molecular flexibility index (Phi) is 4.66. The van der Waals surface area contributed by atoms with Crippen molar-refractivity contribution in [1.82, 2.24) is 0 Å². The van der Waals surface area contributed by atoms with Crippen molar-refractivity contribution >= 4 is 11.5 Å². The number of ketones is 1. The van der Waals surface area contributed by atoms with Gasteiger partial charge in [0.2, 0.25) is 0 Å². The van der Waals surface area contributed by atoms with Gasteiger partial charge in [-0.15, -0.1) is 0 Å². The first-order valence-electron chi connectivity index (χ1n) is 6.37. The largest absolute Gasteiger partial charge is 0.475 e. The van der Waals surface area contributed by atoms with Gasteiger partial charge < -0.3 is 4.74 Å². The maximum absolute atomic E-state index is 11.6. The van der Waals surface area contributed by atoms with Crippen LogP contribution in [-0.4, -0.2) is 16.8 Å². The third-order valence-corrected chi connectivity index (χ3v) is 2.95. The van der Waals surface area contributed by atoms with Crippen molar-refractivity contribution in [2.45, 2.75) is 12.5 Å². The Morgan fingerprint density at radius 1 is 1.14 bits per heavy atom. The Morgan fingerprint density at radius 3 is 2.38 bits per heavy atom. The second kappa shape index (κ2) is 6.65. The van der Waals surface area contributed by atoms with E-state index in [0.29, 0.717) is 6.42 Å². The van der Waals surface area contributed by atoms with E-state index in [9.17, 15) is 14.9 Å². The van der Waals surface area contributed by atoms with Crippen molar-refractivity contribution in [3.8, 4) is 5.75 Å². The molecule has 5 nitrogen and oxygen atoms in total. The summed E-state index contributed by atoms with van der Waals surface area (Å²) in [4.78, 5) is 22.0. The molecule has 0 amide bonds. The van der Waals surface area contributed by atoms with Crippen molar-refractivity contribution in [2.24, 2.45) is 0 Å². The Bertz CT molecular complexity index is 640. The predicted molar refractivity (Wildman–Crippen MR) is 78.0 cm³/mol. The van der Waals surface area contributed by atoms with Gasteiger partial charge in [-0.3, -0.25) is 14.9 Å². The summed E-state index contributed by atoms with van der Waals surface area (Å²) >= 11 is 0. The molecule has 5 heteroatoms. The Hall–Kier alpha value is -2.69. The van der Waals surface area contributed by atoms with Crippen LogP contribution in [0.25, 0.3) is 0 Å². The van der Waals surface area contributed by atoms with Crippen LogP contribution in [0.5, 0.6) is 5.75 Å². The van der Waals surface area contributed by atoms with E-state index in [2.05, 4.69) is 6.92 Å². The molecule has 1 atom stereocenters. The number of nitro groups is 1. The summed E-state index contributed by atoms with van der Waals surface area (Å²) in [7, 11) is 0. The standard InChI is InChI=1S/C16H14NO4/c1-12(18)16(11-13-7-3-2-4-8-13)21-15-10-6-5-9-14(15)17(19)20/h2-10,16H,1,11H2. The number of carbonyl (C=O) groups excluding carboxylic acids is 1. The molecule has 107 valence electrons. The highest BCUT2D eigenvalue weighted by Gasteiger charge is 2.22. The van der Waals surface area contributed by atoms with E-state index in [1.165, 1.54) is 12.1 Å². The molecule has 0 aliphatic rings. The van der Waals surface area contributed by atoms with E-state index in [0.717, 1.165) is 5.56 Å². The quantitative estimate of drug-likeness (QED) is 0.604. The molecule has 2 aromatic rings. The van der Waals surface area contributed by atoms with Crippen LogP contribution in [0.15, 0.2) is 54.6 Å². The number of ether oxygens (including phenoxy) is 1. The SMILES string of the molecule is [CH2]C(=O)C(Cc1ccccc1)Oc1ccccc1[N+](=O)[O-]. The average Bonchev–Trinajstić information content (AvgIpc) is 2.48. The normalized spacial score (nSPS) is 11.7. The third kappa shape index (κ3) is 3.89. The maximum Gasteiger partial charge on any atom is 0.310 e. The fourth-order valence-electron chi connectivity index (χ4n) is 1.91. The van der Waals surface area contributed by atoms with Gasteiger partial charge in [0.1, 0.15) is 0 Å². The molecule has 0 aromatic heterocycles. The highest BCUT2D eigenvalue weighted by atomic mass is 16.6. The smallest absolute Gasteiger partial charge is 0.310 e. The number of hydrogen-bond donors (Lipinski definition) is 0. The number of nitrogens with zero attached hydrogens (tertiary/aromatic N) is 1. The number of Topliss-reactive ketones (excluding diaryl/α,β-unsaturated/α-hetero) is 1. The first-order valence-corrected chi connectivity index (χ1v) is 6.37. The van der Waals surface area contributed by atoms with E-state index in [-0.39, 0.29) is 11.4 Å². The summed E-state index contributed by atoms with van der Waals surface area (Å²) in [6.45, 7) is 3.37. The van der Waals surface area contributed by atoms with Gasteiger partial charge in [0, 0.05) is 19.4 Å². The van der Waals surface area contributed by atoms with E-state index in [1.807, 2.05) is 30.3 Å². The van der Waals surface area contributed by atoms with E-state index in [4.69, 9.17) is 4.74 Å². The lowest BCUT2D eigenvalue weighted by atomic mass is 10.1. The van der Waals surface area contributed by atoms with Crippen LogP contribution < -0.4 is 4.74 Å². The van der Waals surface area contributed by atoms with Gasteiger partial charge in [-0.1, -0.05) is 42.5 Å². The number of benzene rings is 2. The molecular weight excluding hydrogens is 270 g/mol. The zero-order chi connectivity index (χ0) is 15.2. The van der Waals surface area contributed by atoms with Crippen LogP contribution in [0.3, 0.4) is 0 Å². The van der Waals surface area contributed by atoms with Crippen molar-refractivity contribution in [2.75, 3.05) is 0 Å². The first kappa shape index (κ1) is 14.7. The lowest BCUT2D eigenvalue weighted by molar-refractivity contribution is -0.386. The van der Waals surface area contributed by atoms with Gasteiger partial charge in [0.05, 0.1) is 4.92 Å². The van der Waals surface area contributed by atoms with Crippen LogP contribution in [-0.2, 0) is 11.2 Å². The van der Waals surface area contributed by atoms with Gasteiger partial charge in [0.15, 0.2) is 17.6 Å². The molecular formula is C16H14NO4. The molecule has 1 radical (unpaired) electrons. The van der Waals surface area contributed by atoms with Gasteiger partial charge in [-0.25, -0.2) is 0 Å². The van der Waals surface area contributed by atoms with Crippen molar-refractivity contribution in [3.05, 3.63) is 77.2 Å². The highest BCUT2D eigenvalue weighted by Crippen LogP contribution is 2.27. The van der Waals surface area contributed by atoms with Crippen molar-refractivity contribution in [1.29, 1.82) is 0 Å². The molecule has 0 heterocycles. The summed E-state index contributed by atoms with van der Waals surface area (Å²) in [6.07, 6.45) is -0.539. The molecule has 0 bridgehead atoms. The minimum absolute atomic E-state index is 0.0698. The molecule has 0 N–H and O–H groups in total. The van der Waals surface area contributed by atoms with Gasteiger partial charge in [-0.2, -0.15) is 0 Å². The first-order chi connectivity index (χ1) is 10.1. The molecule has 0 spiro atoms. The Balaban J connectivity index is 2.21. The summed E-state index contributed by atoms with van der Waals surface area (Å²) in [5, 5.41) is 11.0. The predicted octanol–water partition coefficient (Wildman–Crippen LogP) is 2.99. The number of para-hydroxylation sites is 2. The summed E-state index contributed by atoms with van der Waals surface area (Å²) in [5.74, 6) is -0.350. The van der Waals surface area contributed by atoms with Crippen molar-refractivity contribution in [3.63, 3.8) is 0 Å². The number of carbonyl (C=O) groups is 1. The highest BCUT2D eigenvalue weighted by molar-refractivity contribution is 5.87. The van der Waals surface area contributed by atoms with E-state index in [1.54, 1.807) is 12.1 Å². The maximum atomic E-state index is 11.6. The minimum atomic E-state index is -0.853. The molecule has 0 saturated heterocycles.